The molecule has 1 atom stereocenters. The van der Waals surface area contributed by atoms with Crippen LogP contribution in [-0.4, -0.2) is 5.91 Å². The molecule has 1 amide bonds. The van der Waals surface area contributed by atoms with Crippen molar-refractivity contribution in [2.24, 2.45) is 5.92 Å². The van der Waals surface area contributed by atoms with Gasteiger partial charge in [0.15, 0.2) is 0 Å². The van der Waals surface area contributed by atoms with Gasteiger partial charge in [-0.05, 0) is 18.6 Å². The Balaban J connectivity index is 2.87. The van der Waals surface area contributed by atoms with Crippen LogP contribution in [0.1, 0.15) is 20.3 Å². The molecule has 3 N–H and O–H groups in total. The van der Waals surface area contributed by atoms with Crippen molar-refractivity contribution in [1.82, 2.24) is 0 Å². The maximum Gasteiger partial charge on any atom is 0.227 e. The summed E-state index contributed by atoms with van der Waals surface area (Å²) in [6.45, 7) is 3.81. The van der Waals surface area contributed by atoms with E-state index in [-0.39, 0.29) is 11.8 Å². The summed E-state index contributed by atoms with van der Waals surface area (Å²) in [6, 6.07) is 3.17. The number of anilines is 2. The number of carbonyl (C=O) groups is 1. The standard InChI is InChI=1S/C11H14Cl2N2O/c1-3-6(2)11(16)15-7-4-8(12)10(14)9(13)5-7/h4-6H,3,14H2,1-2H3,(H,15,16). The average molecular weight is 261 g/mol. The molecule has 0 bridgehead atoms. The normalized spacial score (nSPS) is 12.2. The van der Waals surface area contributed by atoms with E-state index in [4.69, 9.17) is 28.9 Å². The van der Waals surface area contributed by atoms with Gasteiger partial charge in [0, 0.05) is 11.6 Å². The monoisotopic (exact) mass is 260 g/mol. The predicted molar refractivity (Wildman–Crippen MR) is 69.0 cm³/mol. The maximum atomic E-state index is 11.6. The first-order valence-electron chi connectivity index (χ1n) is 5.01. The molecule has 0 saturated heterocycles. The van der Waals surface area contributed by atoms with Crippen LogP contribution in [0.5, 0.6) is 0 Å². The lowest BCUT2D eigenvalue weighted by molar-refractivity contribution is -0.119. The number of halogens is 2. The van der Waals surface area contributed by atoms with E-state index >= 15 is 0 Å². The van der Waals surface area contributed by atoms with E-state index in [2.05, 4.69) is 5.32 Å². The molecule has 1 aromatic carbocycles. The Morgan fingerprint density at radius 3 is 2.38 bits per heavy atom. The summed E-state index contributed by atoms with van der Waals surface area (Å²) >= 11 is 11.7. The minimum absolute atomic E-state index is 0.0462. The van der Waals surface area contributed by atoms with E-state index in [9.17, 15) is 4.79 Å². The van der Waals surface area contributed by atoms with Gasteiger partial charge in [-0.3, -0.25) is 4.79 Å². The number of nitrogens with two attached hydrogens (primary N) is 1. The fraction of sp³-hybridized carbons (Fsp3) is 0.364. The number of hydrogen-bond acceptors (Lipinski definition) is 2. The quantitative estimate of drug-likeness (QED) is 0.817. The zero-order chi connectivity index (χ0) is 12.3. The Morgan fingerprint density at radius 2 is 1.94 bits per heavy atom. The van der Waals surface area contributed by atoms with Crippen LogP contribution in [0.25, 0.3) is 0 Å². The zero-order valence-electron chi connectivity index (χ0n) is 9.18. The lowest BCUT2D eigenvalue weighted by Crippen LogP contribution is -2.19. The number of amides is 1. The first-order valence-corrected chi connectivity index (χ1v) is 5.76. The van der Waals surface area contributed by atoms with Crippen molar-refractivity contribution in [3.8, 4) is 0 Å². The van der Waals surface area contributed by atoms with Gasteiger partial charge >= 0.3 is 0 Å². The van der Waals surface area contributed by atoms with Gasteiger partial charge in [-0.25, -0.2) is 0 Å². The van der Waals surface area contributed by atoms with Crippen molar-refractivity contribution in [1.29, 1.82) is 0 Å². The van der Waals surface area contributed by atoms with Gasteiger partial charge in [0.1, 0.15) is 0 Å². The van der Waals surface area contributed by atoms with Crippen LogP contribution in [0.2, 0.25) is 10.0 Å². The number of nitrogen functional groups attached to an aromatic ring is 1. The van der Waals surface area contributed by atoms with E-state index in [0.717, 1.165) is 6.42 Å². The minimum Gasteiger partial charge on any atom is -0.396 e. The second-order valence-corrected chi connectivity index (χ2v) is 4.47. The molecule has 0 spiro atoms. The van der Waals surface area contributed by atoms with Crippen molar-refractivity contribution in [2.45, 2.75) is 20.3 Å². The van der Waals surface area contributed by atoms with E-state index in [1.54, 1.807) is 12.1 Å². The van der Waals surface area contributed by atoms with E-state index in [1.165, 1.54) is 0 Å². The molecule has 88 valence electrons. The fourth-order valence-corrected chi connectivity index (χ4v) is 1.59. The van der Waals surface area contributed by atoms with Gasteiger partial charge in [-0.15, -0.1) is 0 Å². The van der Waals surface area contributed by atoms with Crippen LogP contribution >= 0.6 is 23.2 Å². The largest absolute Gasteiger partial charge is 0.396 e. The maximum absolute atomic E-state index is 11.6. The van der Waals surface area contributed by atoms with Crippen LogP contribution in [0.15, 0.2) is 12.1 Å². The van der Waals surface area contributed by atoms with Crippen LogP contribution in [0.4, 0.5) is 11.4 Å². The van der Waals surface area contributed by atoms with Crippen molar-refractivity contribution in [3.63, 3.8) is 0 Å². The van der Waals surface area contributed by atoms with Crippen LogP contribution in [-0.2, 0) is 4.79 Å². The van der Waals surface area contributed by atoms with E-state index in [1.807, 2.05) is 13.8 Å². The zero-order valence-corrected chi connectivity index (χ0v) is 10.7. The highest BCUT2D eigenvalue weighted by Gasteiger charge is 2.12. The van der Waals surface area contributed by atoms with Gasteiger partial charge in [0.05, 0.1) is 15.7 Å². The van der Waals surface area contributed by atoms with Crippen LogP contribution in [0.3, 0.4) is 0 Å². The third kappa shape index (κ3) is 3.03. The number of nitrogens with one attached hydrogen (secondary N) is 1. The molecular formula is C11H14Cl2N2O. The average Bonchev–Trinajstić information content (AvgIpc) is 2.24. The SMILES string of the molecule is CCC(C)C(=O)Nc1cc(Cl)c(N)c(Cl)c1. The summed E-state index contributed by atoms with van der Waals surface area (Å²) in [5.74, 6) is -0.102. The Labute approximate surface area is 105 Å². The molecule has 1 rings (SSSR count). The molecule has 1 unspecified atom stereocenters. The summed E-state index contributed by atoms with van der Waals surface area (Å²) in [7, 11) is 0. The summed E-state index contributed by atoms with van der Waals surface area (Å²) in [6.07, 6.45) is 0.780. The first-order chi connectivity index (χ1) is 7.45. The van der Waals surface area contributed by atoms with Gasteiger partial charge in [-0.2, -0.15) is 0 Å². The molecule has 1 aromatic rings. The van der Waals surface area contributed by atoms with Crippen LogP contribution in [0, 0.1) is 5.92 Å². The summed E-state index contributed by atoms with van der Waals surface area (Å²) < 4.78 is 0. The second-order valence-electron chi connectivity index (χ2n) is 3.65. The molecule has 0 fully saturated rings. The highest BCUT2D eigenvalue weighted by atomic mass is 35.5. The Bertz CT molecular complexity index is 384. The molecular weight excluding hydrogens is 247 g/mol. The second kappa shape index (κ2) is 5.41. The first kappa shape index (κ1) is 13.1. The number of hydrogen-bond donors (Lipinski definition) is 2. The number of benzene rings is 1. The number of rotatable bonds is 3. The topological polar surface area (TPSA) is 55.1 Å². The van der Waals surface area contributed by atoms with E-state index < -0.39 is 0 Å². The lowest BCUT2D eigenvalue weighted by atomic mass is 10.1. The fourth-order valence-electron chi connectivity index (χ4n) is 1.11. The molecule has 0 aliphatic carbocycles. The Morgan fingerprint density at radius 1 is 1.44 bits per heavy atom. The predicted octanol–water partition coefficient (Wildman–Crippen LogP) is 3.56. The molecule has 0 radical (unpaired) electrons. The van der Waals surface area contributed by atoms with Gasteiger partial charge in [-0.1, -0.05) is 37.0 Å². The molecule has 0 aliphatic rings. The van der Waals surface area contributed by atoms with Gasteiger partial charge < -0.3 is 11.1 Å². The summed E-state index contributed by atoms with van der Waals surface area (Å²) in [4.78, 5) is 11.6. The highest BCUT2D eigenvalue weighted by molar-refractivity contribution is 6.39. The smallest absolute Gasteiger partial charge is 0.227 e. The molecule has 3 nitrogen and oxygen atoms in total. The number of carbonyl (C=O) groups excluding carboxylic acids is 1. The van der Waals surface area contributed by atoms with Crippen LogP contribution < -0.4 is 11.1 Å². The van der Waals surface area contributed by atoms with Gasteiger partial charge in [0.25, 0.3) is 0 Å². The Hall–Kier alpha value is -0.930. The van der Waals surface area contributed by atoms with Crippen molar-refractivity contribution in [2.75, 3.05) is 11.1 Å². The third-order valence-electron chi connectivity index (χ3n) is 2.41. The highest BCUT2D eigenvalue weighted by Crippen LogP contribution is 2.31. The molecule has 5 heteroatoms. The minimum atomic E-state index is -0.0561. The third-order valence-corrected chi connectivity index (χ3v) is 3.03. The molecule has 0 saturated carbocycles. The molecule has 0 aromatic heterocycles. The molecule has 16 heavy (non-hydrogen) atoms. The molecule has 0 aliphatic heterocycles. The lowest BCUT2D eigenvalue weighted by Gasteiger charge is -2.11. The van der Waals surface area contributed by atoms with Crippen molar-refractivity contribution >= 4 is 40.5 Å². The molecule has 0 heterocycles. The summed E-state index contributed by atoms with van der Waals surface area (Å²) in [5.41, 5.74) is 6.48. The van der Waals surface area contributed by atoms with Crippen molar-refractivity contribution < 1.29 is 4.79 Å². The van der Waals surface area contributed by atoms with Gasteiger partial charge in [0.2, 0.25) is 5.91 Å². The Kier molecular flexibility index (Phi) is 4.44. The van der Waals surface area contributed by atoms with Crippen molar-refractivity contribution in [3.05, 3.63) is 22.2 Å². The van der Waals surface area contributed by atoms with E-state index in [0.29, 0.717) is 21.4 Å². The summed E-state index contributed by atoms with van der Waals surface area (Å²) in [5, 5.41) is 3.42.